The lowest BCUT2D eigenvalue weighted by atomic mass is 10.1. The number of carbonyl (C=O) groups excluding carboxylic acids is 1. The Morgan fingerprint density at radius 3 is 2.82 bits per heavy atom. The summed E-state index contributed by atoms with van der Waals surface area (Å²) in [7, 11) is 0. The molecule has 2 rings (SSSR count). The number of carbonyl (C=O) groups is 1. The van der Waals surface area contributed by atoms with Gasteiger partial charge in [0.15, 0.2) is 0 Å². The average molecular weight is 314 g/mol. The maximum atomic E-state index is 12.1. The maximum absolute atomic E-state index is 12.1. The molecule has 0 saturated heterocycles. The van der Waals surface area contributed by atoms with E-state index in [-0.39, 0.29) is 5.91 Å². The van der Waals surface area contributed by atoms with Crippen molar-refractivity contribution in [2.75, 3.05) is 12.8 Å². The van der Waals surface area contributed by atoms with Gasteiger partial charge in [0.05, 0.1) is 0 Å². The van der Waals surface area contributed by atoms with Crippen molar-refractivity contribution in [3.8, 4) is 0 Å². The summed E-state index contributed by atoms with van der Waals surface area (Å²) in [5.41, 5.74) is 1.77. The van der Waals surface area contributed by atoms with Crippen LogP contribution in [0.1, 0.15) is 28.8 Å². The quantitative estimate of drug-likeness (QED) is 0.923. The first-order valence-corrected chi connectivity index (χ1v) is 7.68. The van der Waals surface area contributed by atoms with Crippen LogP contribution >= 0.6 is 27.7 Å². The van der Waals surface area contributed by atoms with E-state index in [2.05, 4.69) is 27.5 Å². The molecule has 1 aliphatic rings. The van der Waals surface area contributed by atoms with Gasteiger partial charge in [-0.25, -0.2) is 0 Å². The standard InChI is InChI=1S/C13H16BrNOS/c1-9-3-4-10(14)7-11(9)12(16)15-8-13(17-2)5-6-13/h3-4,7H,5-6,8H2,1-2H3,(H,15,16). The molecule has 0 atom stereocenters. The molecular weight excluding hydrogens is 298 g/mol. The molecule has 4 heteroatoms. The summed E-state index contributed by atoms with van der Waals surface area (Å²) in [5.74, 6) is 0.0316. The molecule has 1 aromatic rings. The van der Waals surface area contributed by atoms with Gasteiger partial charge in [0.25, 0.3) is 5.91 Å². The van der Waals surface area contributed by atoms with E-state index in [9.17, 15) is 4.79 Å². The van der Waals surface area contributed by atoms with Crippen molar-refractivity contribution in [2.45, 2.75) is 24.5 Å². The fraction of sp³-hybridized carbons (Fsp3) is 0.462. The van der Waals surface area contributed by atoms with Crippen LogP contribution in [-0.2, 0) is 0 Å². The van der Waals surface area contributed by atoms with Gasteiger partial charge in [-0.3, -0.25) is 4.79 Å². The van der Waals surface area contributed by atoms with E-state index in [4.69, 9.17) is 0 Å². The van der Waals surface area contributed by atoms with Gasteiger partial charge in [-0.1, -0.05) is 22.0 Å². The number of benzene rings is 1. The van der Waals surface area contributed by atoms with Crippen LogP contribution in [0.15, 0.2) is 22.7 Å². The van der Waals surface area contributed by atoms with E-state index in [0.29, 0.717) is 4.75 Å². The zero-order chi connectivity index (χ0) is 12.5. The Morgan fingerprint density at radius 1 is 1.53 bits per heavy atom. The normalized spacial score (nSPS) is 16.6. The number of hydrogen-bond donors (Lipinski definition) is 1. The topological polar surface area (TPSA) is 29.1 Å². The lowest BCUT2D eigenvalue weighted by molar-refractivity contribution is 0.0952. The van der Waals surface area contributed by atoms with Crippen molar-refractivity contribution < 1.29 is 4.79 Å². The molecule has 0 aliphatic heterocycles. The van der Waals surface area contributed by atoms with Gasteiger partial charge in [0.1, 0.15) is 0 Å². The first-order valence-electron chi connectivity index (χ1n) is 5.66. The van der Waals surface area contributed by atoms with Crippen LogP contribution in [0.3, 0.4) is 0 Å². The maximum Gasteiger partial charge on any atom is 0.251 e. The van der Waals surface area contributed by atoms with E-state index >= 15 is 0 Å². The molecule has 17 heavy (non-hydrogen) atoms. The van der Waals surface area contributed by atoms with Gasteiger partial charge < -0.3 is 5.32 Å². The Hall–Kier alpha value is -0.480. The SMILES string of the molecule is CSC1(CNC(=O)c2cc(Br)ccc2C)CC1. The fourth-order valence-electron chi connectivity index (χ4n) is 1.77. The zero-order valence-corrected chi connectivity index (χ0v) is 12.5. The van der Waals surface area contributed by atoms with E-state index in [1.165, 1.54) is 12.8 Å². The molecule has 0 aromatic heterocycles. The lowest BCUT2D eigenvalue weighted by Gasteiger charge is -2.14. The summed E-state index contributed by atoms with van der Waals surface area (Å²) in [4.78, 5) is 12.1. The van der Waals surface area contributed by atoms with Gasteiger partial charge in [-0.15, -0.1) is 0 Å². The number of amides is 1. The summed E-state index contributed by atoms with van der Waals surface area (Å²) >= 11 is 5.26. The number of aryl methyl sites for hydroxylation is 1. The monoisotopic (exact) mass is 313 g/mol. The van der Waals surface area contributed by atoms with Crippen LogP contribution in [0, 0.1) is 6.92 Å². The van der Waals surface area contributed by atoms with Crippen molar-refractivity contribution in [2.24, 2.45) is 0 Å². The van der Waals surface area contributed by atoms with Crippen molar-refractivity contribution in [3.05, 3.63) is 33.8 Å². The third-order valence-corrected chi connectivity index (χ3v) is 5.17. The van der Waals surface area contributed by atoms with Gasteiger partial charge in [-0.2, -0.15) is 11.8 Å². The van der Waals surface area contributed by atoms with Gasteiger partial charge in [-0.05, 0) is 43.7 Å². The van der Waals surface area contributed by atoms with Crippen LogP contribution in [-0.4, -0.2) is 23.5 Å². The van der Waals surface area contributed by atoms with E-state index in [1.807, 2.05) is 36.9 Å². The molecule has 1 aromatic carbocycles. The van der Waals surface area contributed by atoms with E-state index in [0.717, 1.165) is 22.1 Å². The minimum atomic E-state index is 0.0316. The van der Waals surface area contributed by atoms with Crippen LogP contribution in [0.25, 0.3) is 0 Å². The van der Waals surface area contributed by atoms with Gasteiger partial charge in [0.2, 0.25) is 0 Å². The Bertz CT molecular complexity index is 443. The number of hydrogen-bond acceptors (Lipinski definition) is 2. The van der Waals surface area contributed by atoms with Crippen molar-refractivity contribution >= 4 is 33.6 Å². The molecule has 92 valence electrons. The molecule has 1 N–H and O–H groups in total. The minimum Gasteiger partial charge on any atom is -0.351 e. The molecule has 0 heterocycles. The predicted molar refractivity (Wildman–Crippen MR) is 76.7 cm³/mol. The Morgan fingerprint density at radius 2 is 2.24 bits per heavy atom. The van der Waals surface area contributed by atoms with Gasteiger partial charge >= 0.3 is 0 Å². The molecule has 0 unspecified atom stereocenters. The largest absolute Gasteiger partial charge is 0.351 e. The van der Waals surface area contributed by atoms with Crippen LogP contribution in [0.2, 0.25) is 0 Å². The Labute approximate surface area is 115 Å². The summed E-state index contributed by atoms with van der Waals surface area (Å²) < 4.78 is 1.26. The lowest BCUT2D eigenvalue weighted by Crippen LogP contribution is -2.32. The molecule has 0 bridgehead atoms. The number of halogens is 1. The number of thioether (sulfide) groups is 1. The van der Waals surface area contributed by atoms with Crippen LogP contribution < -0.4 is 5.32 Å². The highest BCUT2D eigenvalue weighted by molar-refractivity contribution is 9.10. The smallest absolute Gasteiger partial charge is 0.251 e. The highest BCUT2D eigenvalue weighted by Crippen LogP contribution is 2.46. The zero-order valence-electron chi connectivity index (χ0n) is 10.0. The second-order valence-corrected chi connectivity index (χ2v) is 6.72. The predicted octanol–water partition coefficient (Wildman–Crippen LogP) is 3.38. The fourth-order valence-corrected chi connectivity index (χ4v) is 2.86. The first kappa shape index (κ1) is 13.0. The summed E-state index contributed by atoms with van der Waals surface area (Å²) in [6.07, 6.45) is 4.54. The Kier molecular flexibility index (Phi) is 3.83. The summed E-state index contributed by atoms with van der Waals surface area (Å²) in [6.45, 7) is 2.74. The van der Waals surface area contributed by atoms with Gasteiger partial charge in [0, 0.05) is 21.3 Å². The van der Waals surface area contributed by atoms with Crippen molar-refractivity contribution in [1.29, 1.82) is 0 Å². The summed E-state index contributed by atoms with van der Waals surface area (Å²) in [6, 6.07) is 5.79. The van der Waals surface area contributed by atoms with E-state index < -0.39 is 0 Å². The molecule has 1 aliphatic carbocycles. The molecule has 2 nitrogen and oxygen atoms in total. The molecule has 1 amide bonds. The van der Waals surface area contributed by atoms with E-state index in [1.54, 1.807) is 0 Å². The highest BCUT2D eigenvalue weighted by Gasteiger charge is 2.41. The third kappa shape index (κ3) is 3.05. The third-order valence-electron chi connectivity index (χ3n) is 3.26. The molecule has 1 fully saturated rings. The highest BCUT2D eigenvalue weighted by atomic mass is 79.9. The second-order valence-electron chi connectivity index (χ2n) is 4.53. The molecule has 0 radical (unpaired) electrons. The molecule has 1 saturated carbocycles. The number of nitrogens with one attached hydrogen (secondary N) is 1. The summed E-state index contributed by atoms with van der Waals surface area (Å²) in [5, 5.41) is 3.04. The minimum absolute atomic E-state index is 0.0316. The second kappa shape index (κ2) is 5.02. The molecule has 0 spiro atoms. The van der Waals surface area contributed by atoms with Crippen molar-refractivity contribution in [3.63, 3.8) is 0 Å². The van der Waals surface area contributed by atoms with Crippen LogP contribution in [0.4, 0.5) is 0 Å². The number of rotatable bonds is 4. The average Bonchev–Trinajstić information content (AvgIpc) is 3.10. The first-order chi connectivity index (χ1) is 8.06. The molecular formula is C13H16BrNOS. The van der Waals surface area contributed by atoms with Crippen LogP contribution in [0.5, 0.6) is 0 Å². The Balaban J connectivity index is 2.02. The van der Waals surface area contributed by atoms with Crippen molar-refractivity contribution in [1.82, 2.24) is 5.32 Å².